The lowest BCUT2D eigenvalue weighted by molar-refractivity contribution is -0.424. The summed E-state index contributed by atoms with van der Waals surface area (Å²) < 4.78 is 10.4. The Labute approximate surface area is 183 Å². The van der Waals surface area contributed by atoms with Gasteiger partial charge in [0, 0.05) is 12.8 Å². The van der Waals surface area contributed by atoms with Crippen LogP contribution in [0.25, 0.3) is 0 Å². The Hall–Kier alpha value is -0.890. The van der Waals surface area contributed by atoms with E-state index in [1.165, 1.54) is 0 Å². The Morgan fingerprint density at radius 2 is 1.03 bits per heavy atom. The first-order chi connectivity index (χ1) is 14.1. The van der Waals surface area contributed by atoms with Gasteiger partial charge in [0.1, 0.15) is 0 Å². The Kier molecular flexibility index (Phi) is 15.4. The zero-order valence-corrected chi connectivity index (χ0v) is 20.6. The maximum absolute atomic E-state index is 12.1. The first-order valence-corrected chi connectivity index (χ1v) is 11.6. The highest BCUT2D eigenvalue weighted by Crippen LogP contribution is 2.22. The second kappa shape index (κ2) is 15.8. The Balaban J connectivity index is 4.39. The van der Waals surface area contributed by atoms with Gasteiger partial charge in [0.2, 0.25) is 12.6 Å². The van der Waals surface area contributed by atoms with Crippen LogP contribution in [0.3, 0.4) is 0 Å². The molecule has 0 amide bonds. The molecule has 0 aromatic carbocycles. The fourth-order valence-electron chi connectivity index (χ4n) is 2.64. The minimum absolute atomic E-state index is 0.429. The number of unbranched alkanes of at least 4 members (excludes halogenated alkanes) is 4. The standard InChI is InChI=1S/C23H46O7/c1-9-13-15-17-22(5,6)29-27-19(11-3)25-21(24)26-20(12-4)28-30-23(7,8)18-16-14-10-2/h19-20H,9-18H2,1-8H3. The van der Waals surface area contributed by atoms with Crippen molar-refractivity contribution in [3.63, 3.8) is 0 Å². The van der Waals surface area contributed by atoms with Crippen LogP contribution in [0.2, 0.25) is 0 Å². The van der Waals surface area contributed by atoms with E-state index in [1.807, 2.05) is 41.5 Å². The first kappa shape index (κ1) is 29.1. The predicted octanol–water partition coefficient (Wildman–Crippen LogP) is 7.23. The predicted molar refractivity (Wildman–Crippen MR) is 117 cm³/mol. The summed E-state index contributed by atoms with van der Waals surface area (Å²) in [6.07, 6.45) is 6.66. The van der Waals surface area contributed by atoms with E-state index in [-0.39, 0.29) is 0 Å². The van der Waals surface area contributed by atoms with Crippen LogP contribution in [0, 0.1) is 0 Å². The van der Waals surface area contributed by atoms with E-state index in [4.69, 9.17) is 29.0 Å². The number of hydrogen-bond acceptors (Lipinski definition) is 7. The van der Waals surface area contributed by atoms with Gasteiger partial charge in [-0.2, -0.15) is 9.78 Å². The van der Waals surface area contributed by atoms with Gasteiger partial charge < -0.3 is 9.47 Å². The van der Waals surface area contributed by atoms with Crippen molar-refractivity contribution in [2.75, 3.05) is 0 Å². The lowest BCUT2D eigenvalue weighted by atomic mass is 10.0. The smallest absolute Gasteiger partial charge is 0.401 e. The fourth-order valence-corrected chi connectivity index (χ4v) is 2.64. The molecule has 180 valence electrons. The van der Waals surface area contributed by atoms with Gasteiger partial charge in [0.15, 0.2) is 0 Å². The van der Waals surface area contributed by atoms with Crippen molar-refractivity contribution in [1.29, 1.82) is 0 Å². The Morgan fingerprint density at radius 3 is 1.33 bits per heavy atom. The lowest BCUT2D eigenvalue weighted by Crippen LogP contribution is -2.32. The van der Waals surface area contributed by atoms with Gasteiger partial charge in [-0.25, -0.2) is 14.6 Å². The minimum Gasteiger partial charge on any atom is -0.401 e. The third-order valence-corrected chi connectivity index (χ3v) is 4.65. The number of hydrogen-bond donors (Lipinski definition) is 0. The van der Waals surface area contributed by atoms with Crippen molar-refractivity contribution in [2.45, 2.75) is 143 Å². The first-order valence-electron chi connectivity index (χ1n) is 11.6. The molecule has 0 radical (unpaired) electrons. The van der Waals surface area contributed by atoms with Crippen molar-refractivity contribution in [2.24, 2.45) is 0 Å². The topological polar surface area (TPSA) is 72.5 Å². The van der Waals surface area contributed by atoms with E-state index in [1.54, 1.807) is 0 Å². The second-order valence-corrected chi connectivity index (χ2v) is 8.95. The summed E-state index contributed by atoms with van der Waals surface area (Å²) in [5.74, 6) is 0. The maximum atomic E-state index is 12.1. The van der Waals surface area contributed by atoms with Crippen molar-refractivity contribution in [3.8, 4) is 0 Å². The van der Waals surface area contributed by atoms with E-state index >= 15 is 0 Å². The molecule has 2 unspecified atom stereocenters. The molecule has 0 saturated heterocycles. The molecule has 30 heavy (non-hydrogen) atoms. The van der Waals surface area contributed by atoms with E-state index in [0.29, 0.717) is 12.8 Å². The SMILES string of the molecule is CCCCCC(C)(C)OOC(CC)OC(=O)OC(CC)OOC(C)(C)CCCCC. The highest BCUT2D eigenvalue weighted by atomic mass is 17.2. The van der Waals surface area contributed by atoms with E-state index in [0.717, 1.165) is 51.4 Å². The highest BCUT2D eigenvalue weighted by molar-refractivity contribution is 5.60. The van der Waals surface area contributed by atoms with Gasteiger partial charge in [0.05, 0.1) is 11.2 Å². The van der Waals surface area contributed by atoms with Crippen LogP contribution in [0.4, 0.5) is 4.79 Å². The van der Waals surface area contributed by atoms with Crippen LogP contribution in [0.1, 0.15) is 120 Å². The van der Waals surface area contributed by atoms with Gasteiger partial charge in [-0.1, -0.05) is 66.2 Å². The van der Waals surface area contributed by atoms with Crippen molar-refractivity contribution >= 4 is 6.16 Å². The van der Waals surface area contributed by atoms with E-state index in [9.17, 15) is 4.79 Å². The van der Waals surface area contributed by atoms with Crippen LogP contribution in [0.5, 0.6) is 0 Å². The molecule has 0 aromatic heterocycles. The molecular formula is C23H46O7. The summed E-state index contributed by atoms with van der Waals surface area (Å²) in [5.41, 5.74) is -0.912. The molecule has 0 heterocycles. The summed E-state index contributed by atoms with van der Waals surface area (Å²) >= 11 is 0. The summed E-state index contributed by atoms with van der Waals surface area (Å²) in [7, 11) is 0. The molecule has 0 aliphatic rings. The zero-order chi connectivity index (χ0) is 23.0. The molecule has 7 nitrogen and oxygen atoms in total. The van der Waals surface area contributed by atoms with Gasteiger partial charge in [-0.3, -0.25) is 0 Å². The van der Waals surface area contributed by atoms with Crippen molar-refractivity contribution in [1.82, 2.24) is 0 Å². The van der Waals surface area contributed by atoms with Crippen LogP contribution in [-0.2, 0) is 29.0 Å². The largest absolute Gasteiger partial charge is 0.513 e. The van der Waals surface area contributed by atoms with Crippen molar-refractivity contribution in [3.05, 3.63) is 0 Å². The van der Waals surface area contributed by atoms with Gasteiger partial charge in [0.25, 0.3) is 0 Å². The number of carbonyl (C=O) groups excluding carboxylic acids is 1. The second-order valence-electron chi connectivity index (χ2n) is 8.95. The number of carbonyl (C=O) groups is 1. The molecular weight excluding hydrogens is 388 g/mol. The van der Waals surface area contributed by atoms with E-state index < -0.39 is 29.9 Å². The maximum Gasteiger partial charge on any atom is 0.513 e. The molecule has 0 bridgehead atoms. The molecule has 0 aliphatic heterocycles. The summed E-state index contributed by atoms with van der Waals surface area (Å²) in [6, 6.07) is 0. The molecule has 7 heteroatoms. The van der Waals surface area contributed by atoms with Crippen LogP contribution >= 0.6 is 0 Å². The molecule has 2 atom stereocenters. The minimum atomic E-state index is -0.881. The molecule has 0 aromatic rings. The monoisotopic (exact) mass is 434 g/mol. The number of rotatable bonds is 18. The number of ether oxygens (including phenoxy) is 2. The van der Waals surface area contributed by atoms with Gasteiger partial charge in [-0.15, -0.1) is 0 Å². The third-order valence-electron chi connectivity index (χ3n) is 4.65. The van der Waals surface area contributed by atoms with Crippen LogP contribution < -0.4 is 0 Å². The van der Waals surface area contributed by atoms with Gasteiger partial charge >= 0.3 is 6.16 Å². The fraction of sp³-hybridized carbons (Fsp3) is 0.957. The normalized spacial score (nSPS) is 14.4. The summed E-state index contributed by atoms with van der Waals surface area (Å²) in [4.78, 5) is 33.9. The Bertz CT molecular complexity index is 399. The molecule has 0 aliphatic carbocycles. The third kappa shape index (κ3) is 15.0. The summed E-state index contributed by atoms with van der Waals surface area (Å²) in [5, 5.41) is 0. The molecule has 0 rings (SSSR count). The highest BCUT2D eigenvalue weighted by Gasteiger charge is 2.26. The molecule has 0 fully saturated rings. The lowest BCUT2D eigenvalue weighted by Gasteiger charge is -2.27. The van der Waals surface area contributed by atoms with E-state index in [2.05, 4.69) is 13.8 Å². The zero-order valence-electron chi connectivity index (χ0n) is 20.6. The van der Waals surface area contributed by atoms with Crippen molar-refractivity contribution < 1.29 is 33.8 Å². The molecule has 0 saturated carbocycles. The quantitative estimate of drug-likeness (QED) is 0.0740. The van der Waals surface area contributed by atoms with Crippen LogP contribution in [0.15, 0.2) is 0 Å². The molecule has 0 N–H and O–H groups in total. The molecule has 0 spiro atoms. The average molecular weight is 435 g/mol. The average Bonchev–Trinajstić information content (AvgIpc) is 2.68. The summed E-state index contributed by atoms with van der Waals surface area (Å²) in [6.45, 7) is 15.8. The Morgan fingerprint density at radius 1 is 0.667 bits per heavy atom. The van der Waals surface area contributed by atoms with Crippen LogP contribution in [-0.4, -0.2) is 29.9 Å². The van der Waals surface area contributed by atoms with Gasteiger partial charge in [-0.05, 0) is 40.5 Å².